The van der Waals surface area contributed by atoms with Crippen molar-refractivity contribution in [2.24, 2.45) is 23.7 Å². The number of benzene rings is 1. The van der Waals surface area contributed by atoms with Crippen LogP contribution in [-0.4, -0.2) is 32.3 Å². The number of methoxy groups -OCH3 is 1. The van der Waals surface area contributed by atoms with Gasteiger partial charge >= 0.3 is 6.01 Å². The molecule has 168 valence electrons. The van der Waals surface area contributed by atoms with Crippen LogP contribution in [0.5, 0.6) is 17.5 Å². The van der Waals surface area contributed by atoms with Crippen LogP contribution in [0.25, 0.3) is 17.0 Å². The minimum Gasteiger partial charge on any atom is -0.508 e. The maximum absolute atomic E-state index is 10.4. The van der Waals surface area contributed by atoms with Gasteiger partial charge in [-0.2, -0.15) is 9.97 Å². The summed E-state index contributed by atoms with van der Waals surface area (Å²) in [6.45, 7) is 0. The fourth-order valence-corrected chi connectivity index (χ4v) is 5.19. The maximum Gasteiger partial charge on any atom is 0.320 e. The second-order valence-electron chi connectivity index (χ2n) is 8.73. The van der Waals surface area contributed by atoms with Gasteiger partial charge in [0, 0.05) is 35.3 Å². The molecule has 0 saturated heterocycles. The average Bonchev–Trinajstić information content (AvgIpc) is 2.87. The van der Waals surface area contributed by atoms with Gasteiger partial charge in [0.1, 0.15) is 11.5 Å². The molecule has 6 heteroatoms. The lowest BCUT2D eigenvalue weighted by atomic mass is 9.66. The van der Waals surface area contributed by atoms with E-state index in [1.54, 1.807) is 6.07 Å². The maximum atomic E-state index is 10.4. The molecule has 34 heavy (non-hydrogen) atoms. The van der Waals surface area contributed by atoms with Crippen molar-refractivity contribution in [3.8, 4) is 28.9 Å². The number of phenolic OH excluding ortho intramolecular Hbond substituents is 2. The second-order valence-corrected chi connectivity index (χ2v) is 8.73. The summed E-state index contributed by atoms with van der Waals surface area (Å²) < 4.78 is 5.40. The number of phenols is 2. The van der Waals surface area contributed by atoms with E-state index in [9.17, 15) is 10.2 Å². The quantitative estimate of drug-likeness (QED) is 0.690. The fraction of sp³-hybridized carbons (Fsp3) is 0.179. The summed E-state index contributed by atoms with van der Waals surface area (Å²) in [5, 5.41) is 20.1. The lowest BCUT2D eigenvalue weighted by Gasteiger charge is -2.38. The van der Waals surface area contributed by atoms with E-state index in [1.165, 1.54) is 30.4 Å². The molecule has 6 rings (SSSR count). The number of fused-ring (bicyclic) bond motifs is 4. The standard InChI is InChI=1S/C28H23N3O3/c1-34-28-30-26(22-13-11-17(32)14-25(22)33)29-27(31-28)24-15-23-18-7-3-2-6-16(18)10-12-21(23)19-8-4-5-9-20(19)24/h2-16,18-20,32-33H,1H3. The smallest absolute Gasteiger partial charge is 0.320 e. The summed E-state index contributed by atoms with van der Waals surface area (Å²) in [6.07, 6.45) is 24.1. The van der Waals surface area contributed by atoms with E-state index in [2.05, 4.69) is 76.8 Å². The molecule has 1 heterocycles. The van der Waals surface area contributed by atoms with Crippen molar-refractivity contribution in [1.82, 2.24) is 15.0 Å². The number of aromatic nitrogens is 3. The van der Waals surface area contributed by atoms with Crippen molar-refractivity contribution in [2.45, 2.75) is 0 Å². The molecule has 4 atom stereocenters. The zero-order valence-corrected chi connectivity index (χ0v) is 18.5. The summed E-state index contributed by atoms with van der Waals surface area (Å²) in [5.74, 6) is 1.51. The normalized spacial score (nSPS) is 26.1. The molecule has 6 nitrogen and oxygen atoms in total. The monoisotopic (exact) mass is 449 g/mol. The molecule has 0 bridgehead atoms. The van der Waals surface area contributed by atoms with Crippen LogP contribution in [0.1, 0.15) is 5.82 Å². The third-order valence-corrected chi connectivity index (χ3v) is 6.81. The molecule has 0 aliphatic heterocycles. The van der Waals surface area contributed by atoms with Crippen molar-refractivity contribution in [3.05, 3.63) is 102 Å². The summed E-state index contributed by atoms with van der Waals surface area (Å²) in [7, 11) is 1.51. The third-order valence-electron chi connectivity index (χ3n) is 6.81. The van der Waals surface area contributed by atoms with Crippen LogP contribution >= 0.6 is 0 Å². The van der Waals surface area contributed by atoms with Crippen molar-refractivity contribution in [1.29, 1.82) is 0 Å². The Balaban J connectivity index is 1.52. The molecular formula is C28H23N3O3. The molecule has 0 fully saturated rings. The van der Waals surface area contributed by atoms with Crippen LogP contribution in [0.2, 0.25) is 0 Å². The highest BCUT2D eigenvalue weighted by molar-refractivity contribution is 5.75. The van der Waals surface area contributed by atoms with Gasteiger partial charge in [0.25, 0.3) is 0 Å². The van der Waals surface area contributed by atoms with Crippen LogP contribution in [0, 0.1) is 23.7 Å². The molecule has 1 aromatic heterocycles. The van der Waals surface area contributed by atoms with E-state index in [-0.39, 0.29) is 41.1 Å². The predicted octanol–water partition coefficient (Wildman–Crippen LogP) is 4.94. The topological polar surface area (TPSA) is 88.4 Å². The van der Waals surface area contributed by atoms with Crippen molar-refractivity contribution in [2.75, 3.05) is 7.11 Å². The number of rotatable bonds is 3. The lowest BCUT2D eigenvalue weighted by molar-refractivity contribution is 0.377. The Bertz CT molecular complexity index is 1390. The highest BCUT2D eigenvalue weighted by Gasteiger charge is 2.37. The van der Waals surface area contributed by atoms with E-state index in [1.807, 2.05) is 0 Å². The van der Waals surface area contributed by atoms with Crippen LogP contribution in [-0.2, 0) is 0 Å². The van der Waals surface area contributed by atoms with Crippen LogP contribution < -0.4 is 4.74 Å². The van der Waals surface area contributed by atoms with Crippen molar-refractivity contribution < 1.29 is 14.9 Å². The van der Waals surface area contributed by atoms with Crippen molar-refractivity contribution >= 4 is 5.57 Å². The summed E-state index contributed by atoms with van der Waals surface area (Å²) in [6, 6.07) is 4.51. The largest absolute Gasteiger partial charge is 0.508 e. The Hall–Kier alpha value is -4.19. The van der Waals surface area contributed by atoms with E-state index in [0.29, 0.717) is 17.3 Å². The molecular weight excluding hydrogens is 426 g/mol. The first-order valence-electron chi connectivity index (χ1n) is 11.3. The number of aromatic hydroxyl groups is 2. The second kappa shape index (κ2) is 7.99. The van der Waals surface area contributed by atoms with Gasteiger partial charge in [-0.1, -0.05) is 66.8 Å². The molecule has 0 saturated carbocycles. The zero-order chi connectivity index (χ0) is 23.2. The van der Waals surface area contributed by atoms with Gasteiger partial charge in [0.2, 0.25) is 0 Å². The van der Waals surface area contributed by atoms with Gasteiger partial charge in [0.05, 0.1) is 12.7 Å². The summed E-state index contributed by atoms with van der Waals surface area (Å²) in [4.78, 5) is 13.7. The molecule has 0 spiro atoms. The average molecular weight is 450 g/mol. The Labute approximate surface area is 197 Å². The number of ether oxygens (including phenoxy) is 1. The highest BCUT2D eigenvalue weighted by atomic mass is 16.5. The van der Waals surface area contributed by atoms with E-state index in [0.717, 1.165) is 5.57 Å². The molecule has 2 aromatic rings. The Kier molecular flexibility index (Phi) is 4.80. The molecule has 4 aliphatic carbocycles. The van der Waals surface area contributed by atoms with Gasteiger partial charge in [-0.3, -0.25) is 0 Å². The number of hydrogen-bond donors (Lipinski definition) is 2. The number of allylic oxidation sites excluding steroid dienone is 14. The molecule has 2 N–H and O–H groups in total. The fourth-order valence-electron chi connectivity index (χ4n) is 5.19. The summed E-state index contributed by atoms with van der Waals surface area (Å²) in [5.41, 5.74) is 3.99. The number of hydrogen-bond acceptors (Lipinski definition) is 6. The van der Waals surface area contributed by atoms with Gasteiger partial charge in [-0.15, -0.1) is 0 Å². The third kappa shape index (κ3) is 3.30. The molecule has 0 radical (unpaired) electrons. The lowest BCUT2D eigenvalue weighted by Crippen LogP contribution is -2.28. The first-order valence-corrected chi connectivity index (χ1v) is 11.3. The van der Waals surface area contributed by atoms with Crippen LogP contribution in [0.3, 0.4) is 0 Å². The van der Waals surface area contributed by atoms with Gasteiger partial charge in [0.15, 0.2) is 11.6 Å². The van der Waals surface area contributed by atoms with Gasteiger partial charge in [-0.25, -0.2) is 4.98 Å². The van der Waals surface area contributed by atoms with Gasteiger partial charge < -0.3 is 14.9 Å². The minimum atomic E-state index is -0.111. The van der Waals surface area contributed by atoms with Crippen molar-refractivity contribution in [3.63, 3.8) is 0 Å². The van der Waals surface area contributed by atoms with Crippen LogP contribution in [0.15, 0.2) is 96.2 Å². The van der Waals surface area contributed by atoms with E-state index in [4.69, 9.17) is 9.72 Å². The van der Waals surface area contributed by atoms with Gasteiger partial charge in [-0.05, 0) is 23.3 Å². The van der Waals surface area contributed by atoms with Crippen LogP contribution in [0.4, 0.5) is 0 Å². The minimum absolute atomic E-state index is 0.0339. The first-order chi connectivity index (χ1) is 16.6. The molecule has 4 aliphatic rings. The predicted molar refractivity (Wildman–Crippen MR) is 130 cm³/mol. The highest BCUT2D eigenvalue weighted by Crippen LogP contribution is 2.48. The Morgan fingerprint density at radius 1 is 0.765 bits per heavy atom. The number of nitrogens with zero attached hydrogens (tertiary/aromatic N) is 3. The molecule has 4 unspecified atom stereocenters. The summed E-state index contributed by atoms with van der Waals surface area (Å²) >= 11 is 0. The molecule has 1 aromatic carbocycles. The first kappa shape index (κ1) is 20.4. The zero-order valence-electron chi connectivity index (χ0n) is 18.5. The SMILES string of the molecule is COc1nc(C2=CC3=C(C=CC4C=CC=CC34)C3C=CC=CC23)nc(-c2ccc(O)cc2O)n1. The van der Waals surface area contributed by atoms with E-state index < -0.39 is 0 Å². The molecule has 0 amide bonds. The Morgan fingerprint density at radius 2 is 1.50 bits per heavy atom. The van der Waals surface area contributed by atoms with E-state index >= 15 is 0 Å². The Morgan fingerprint density at radius 3 is 2.29 bits per heavy atom.